The molecule has 18 heavy (non-hydrogen) atoms. The molecule has 1 aromatic rings. The van der Waals surface area contributed by atoms with Crippen molar-refractivity contribution in [2.24, 2.45) is 0 Å². The van der Waals surface area contributed by atoms with Crippen LogP contribution in [0.2, 0.25) is 0 Å². The fourth-order valence-electron chi connectivity index (χ4n) is 1.25. The summed E-state index contributed by atoms with van der Waals surface area (Å²) in [5.41, 5.74) is 0.561. The van der Waals surface area contributed by atoms with Crippen molar-refractivity contribution in [3.63, 3.8) is 0 Å². The number of hydrogen-bond acceptors (Lipinski definition) is 3. The van der Waals surface area contributed by atoms with Crippen LogP contribution in [0.1, 0.15) is 16.8 Å². The van der Waals surface area contributed by atoms with Gasteiger partial charge < -0.3 is 5.32 Å². The van der Waals surface area contributed by atoms with Gasteiger partial charge in [0.15, 0.2) is 0 Å². The Balaban J connectivity index is 2.38. The van der Waals surface area contributed by atoms with Crippen LogP contribution in [0, 0.1) is 0 Å². The van der Waals surface area contributed by atoms with E-state index in [4.69, 9.17) is 4.84 Å². The molecule has 1 rings (SSSR count). The van der Waals surface area contributed by atoms with Crippen LogP contribution in [0.25, 0.3) is 0 Å². The fraction of sp³-hybridized carbons (Fsp3) is 0.333. The number of benzene rings is 1. The second-order valence-corrected chi connectivity index (χ2v) is 4.50. The Bertz CT molecular complexity index is 420. The van der Waals surface area contributed by atoms with E-state index >= 15 is 0 Å². The highest BCUT2D eigenvalue weighted by Gasteiger charge is 2.09. The largest absolute Gasteiger partial charge is 0.352 e. The van der Waals surface area contributed by atoms with Gasteiger partial charge in [-0.05, 0) is 24.3 Å². The van der Waals surface area contributed by atoms with Gasteiger partial charge in [0.05, 0.1) is 7.11 Å². The first-order valence-electron chi connectivity index (χ1n) is 5.39. The molecule has 0 bridgehead atoms. The molecule has 1 N–H and O–H groups in total. The molecule has 0 aromatic heterocycles. The van der Waals surface area contributed by atoms with Crippen LogP contribution in [-0.4, -0.2) is 37.6 Å². The predicted octanol–water partition coefficient (Wildman–Crippen LogP) is 1.59. The monoisotopic (exact) mass is 314 g/mol. The maximum Gasteiger partial charge on any atom is 0.251 e. The van der Waals surface area contributed by atoms with Crippen LogP contribution in [0.4, 0.5) is 0 Å². The fourth-order valence-corrected chi connectivity index (χ4v) is 1.51. The van der Waals surface area contributed by atoms with Crippen molar-refractivity contribution in [3.05, 3.63) is 34.3 Å². The molecular weight excluding hydrogens is 300 g/mol. The first-order chi connectivity index (χ1) is 8.54. The van der Waals surface area contributed by atoms with Gasteiger partial charge in [-0.1, -0.05) is 15.9 Å². The molecule has 0 aliphatic carbocycles. The van der Waals surface area contributed by atoms with E-state index in [1.54, 1.807) is 24.3 Å². The van der Waals surface area contributed by atoms with E-state index in [1.165, 1.54) is 14.2 Å². The third kappa shape index (κ3) is 4.46. The van der Waals surface area contributed by atoms with Crippen LogP contribution in [0.5, 0.6) is 0 Å². The SMILES string of the molecule is CON(C)C(=O)CCNC(=O)c1ccc(Br)cc1. The summed E-state index contributed by atoms with van der Waals surface area (Å²) < 4.78 is 0.913. The molecule has 0 aliphatic rings. The molecular formula is C12H15BrN2O3. The van der Waals surface area contributed by atoms with E-state index in [9.17, 15) is 9.59 Å². The van der Waals surface area contributed by atoms with Gasteiger partial charge in [0, 0.05) is 30.0 Å². The lowest BCUT2D eigenvalue weighted by Gasteiger charge is -2.13. The van der Waals surface area contributed by atoms with Gasteiger partial charge in [-0.25, -0.2) is 5.06 Å². The van der Waals surface area contributed by atoms with Gasteiger partial charge in [0.25, 0.3) is 5.91 Å². The first kappa shape index (κ1) is 14.7. The summed E-state index contributed by atoms with van der Waals surface area (Å²) in [5.74, 6) is -0.385. The van der Waals surface area contributed by atoms with E-state index in [0.29, 0.717) is 5.56 Å². The van der Waals surface area contributed by atoms with Crippen molar-refractivity contribution in [2.75, 3.05) is 20.7 Å². The number of halogens is 1. The summed E-state index contributed by atoms with van der Waals surface area (Å²) in [6.07, 6.45) is 0.201. The Labute approximate surface area is 114 Å². The molecule has 5 nitrogen and oxygen atoms in total. The van der Waals surface area contributed by atoms with Gasteiger partial charge in [-0.2, -0.15) is 0 Å². The molecule has 0 fully saturated rings. The van der Waals surface area contributed by atoms with Gasteiger partial charge in [0.1, 0.15) is 0 Å². The average Bonchev–Trinajstić information content (AvgIpc) is 2.38. The maximum atomic E-state index is 11.7. The summed E-state index contributed by atoms with van der Waals surface area (Å²) in [6, 6.07) is 7.00. The predicted molar refractivity (Wildman–Crippen MR) is 70.9 cm³/mol. The number of hydrogen-bond donors (Lipinski definition) is 1. The lowest BCUT2D eigenvalue weighted by molar-refractivity contribution is -0.168. The van der Waals surface area contributed by atoms with E-state index in [-0.39, 0.29) is 24.8 Å². The second kappa shape index (κ2) is 7.13. The van der Waals surface area contributed by atoms with Gasteiger partial charge in [-0.3, -0.25) is 14.4 Å². The zero-order valence-electron chi connectivity index (χ0n) is 10.3. The number of carbonyl (C=O) groups excluding carboxylic acids is 2. The number of hydroxylamine groups is 2. The Hall–Kier alpha value is -1.40. The molecule has 0 saturated heterocycles. The molecule has 0 spiro atoms. The summed E-state index contributed by atoms with van der Waals surface area (Å²) >= 11 is 3.29. The number of nitrogens with zero attached hydrogens (tertiary/aromatic N) is 1. The second-order valence-electron chi connectivity index (χ2n) is 3.59. The van der Waals surface area contributed by atoms with Crippen LogP contribution in [0.15, 0.2) is 28.7 Å². The highest BCUT2D eigenvalue weighted by molar-refractivity contribution is 9.10. The third-order valence-electron chi connectivity index (χ3n) is 2.36. The Morgan fingerprint density at radius 3 is 2.50 bits per heavy atom. The van der Waals surface area contributed by atoms with Crippen molar-refractivity contribution in [1.82, 2.24) is 10.4 Å². The van der Waals surface area contributed by atoms with E-state index in [2.05, 4.69) is 21.2 Å². The minimum atomic E-state index is -0.199. The minimum absolute atomic E-state index is 0.186. The molecule has 0 atom stereocenters. The summed E-state index contributed by atoms with van der Waals surface area (Å²) in [5, 5.41) is 3.80. The van der Waals surface area contributed by atoms with E-state index < -0.39 is 0 Å². The average molecular weight is 315 g/mol. The lowest BCUT2D eigenvalue weighted by Crippen LogP contribution is -2.31. The smallest absolute Gasteiger partial charge is 0.251 e. The summed E-state index contributed by atoms with van der Waals surface area (Å²) in [7, 11) is 2.94. The number of nitrogens with one attached hydrogen (secondary N) is 1. The van der Waals surface area contributed by atoms with E-state index in [0.717, 1.165) is 9.54 Å². The van der Waals surface area contributed by atoms with Crippen molar-refractivity contribution < 1.29 is 14.4 Å². The topological polar surface area (TPSA) is 58.6 Å². The lowest BCUT2D eigenvalue weighted by atomic mass is 10.2. The number of amides is 2. The van der Waals surface area contributed by atoms with Crippen LogP contribution >= 0.6 is 15.9 Å². The molecule has 0 radical (unpaired) electrons. The van der Waals surface area contributed by atoms with Crippen LogP contribution in [-0.2, 0) is 9.63 Å². The van der Waals surface area contributed by atoms with Crippen LogP contribution < -0.4 is 5.32 Å². The highest BCUT2D eigenvalue weighted by atomic mass is 79.9. The standard InChI is InChI=1S/C12H15BrN2O3/c1-15(18-2)11(16)7-8-14-12(17)9-3-5-10(13)6-4-9/h3-6H,7-8H2,1-2H3,(H,14,17). The van der Waals surface area contributed by atoms with Gasteiger partial charge in [-0.15, -0.1) is 0 Å². The Morgan fingerprint density at radius 2 is 1.94 bits per heavy atom. The van der Waals surface area contributed by atoms with E-state index in [1.807, 2.05) is 0 Å². The zero-order chi connectivity index (χ0) is 13.5. The van der Waals surface area contributed by atoms with Gasteiger partial charge in [0.2, 0.25) is 5.91 Å². The maximum absolute atomic E-state index is 11.7. The Morgan fingerprint density at radius 1 is 1.33 bits per heavy atom. The molecule has 0 unspecified atom stereocenters. The molecule has 0 heterocycles. The zero-order valence-corrected chi connectivity index (χ0v) is 11.9. The minimum Gasteiger partial charge on any atom is -0.352 e. The van der Waals surface area contributed by atoms with Crippen molar-refractivity contribution in [1.29, 1.82) is 0 Å². The van der Waals surface area contributed by atoms with Crippen LogP contribution in [0.3, 0.4) is 0 Å². The summed E-state index contributed by atoms with van der Waals surface area (Å²) in [6.45, 7) is 0.279. The number of rotatable bonds is 5. The third-order valence-corrected chi connectivity index (χ3v) is 2.88. The Kier molecular flexibility index (Phi) is 5.80. The van der Waals surface area contributed by atoms with Crippen molar-refractivity contribution in [2.45, 2.75) is 6.42 Å². The first-order valence-corrected chi connectivity index (χ1v) is 6.18. The molecule has 0 aliphatic heterocycles. The normalized spacial score (nSPS) is 9.94. The number of carbonyl (C=O) groups is 2. The highest BCUT2D eigenvalue weighted by Crippen LogP contribution is 2.10. The quantitative estimate of drug-likeness (QED) is 0.840. The molecule has 1 aromatic carbocycles. The van der Waals surface area contributed by atoms with Crippen molar-refractivity contribution in [3.8, 4) is 0 Å². The summed E-state index contributed by atoms with van der Waals surface area (Å²) in [4.78, 5) is 27.8. The van der Waals surface area contributed by atoms with Crippen molar-refractivity contribution >= 4 is 27.7 Å². The molecule has 98 valence electrons. The van der Waals surface area contributed by atoms with Gasteiger partial charge >= 0.3 is 0 Å². The molecule has 0 saturated carbocycles. The molecule has 2 amide bonds. The molecule has 6 heteroatoms.